The quantitative estimate of drug-likeness (QED) is 0.342. The summed E-state index contributed by atoms with van der Waals surface area (Å²) >= 11 is 1.36. The van der Waals surface area contributed by atoms with Gasteiger partial charge in [-0.05, 0) is 74.2 Å². The number of carbonyl (C=O) groups is 2. The van der Waals surface area contributed by atoms with Crippen molar-refractivity contribution in [3.05, 3.63) is 82.4 Å². The van der Waals surface area contributed by atoms with Gasteiger partial charge in [-0.25, -0.2) is 4.98 Å². The van der Waals surface area contributed by atoms with Gasteiger partial charge in [0.1, 0.15) is 5.75 Å². The van der Waals surface area contributed by atoms with E-state index in [4.69, 9.17) is 4.74 Å². The number of benzene rings is 3. The Hall–Kier alpha value is -3.71. The lowest BCUT2D eigenvalue weighted by molar-refractivity contribution is -0.116. The van der Waals surface area contributed by atoms with Crippen LogP contribution >= 0.6 is 11.3 Å². The topological polar surface area (TPSA) is 80.3 Å². The minimum atomic E-state index is -0.172. The first-order valence-corrected chi connectivity index (χ1v) is 11.9. The van der Waals surface area contributed by atoms with Gasteiger partial charge in [-0.3, -0.25) is 9.59 Å². The standard InChI is InChI=1S/C27H27N3O3S/c1-16-12-17(2)25(18(3)13-16)30-26(32)20-9-10-22-23(15-20)34-27(28-22)29-24(31)11-8-19-6-5-7-21(14-19)33-4/h5-7,9-10,12-15H,8,11H2,1-4H3,(H,30,32)(H,28,29,31). The molecule has 6 nitrogen and oxygen atoms in total. The third kappa shape index (κ3) is 5.43. The van der Waals surface area contributed by atoms with Crippen molar-refractivity contribution in [1.82, 2.24) is 4.98 Å². The largest absolute Gasteiger partial charge is 0.497 e. The number of thiazole rings is 1. The van der Waals surface area contributed by atoms with E-state index < -0.39 is 0 Å². The highest BCUT2D eigenvalue weighted by Crippen LogP contribution is 2.28. The summed E-state index contributed by atoms with van der Waals surface area (Å²) in [5, 5.41) is 6.43. The molecule has 4 rings (SSSR count). The number of nitrogens with zero attached hydrogens (tertiary/aromatic N) is 1. The molecule has 1 aromatic heterocycles. The van der Waals surface area contributed by atoms with E-state index in [0.717, 1.165) is 43.9 Å². The average Bonchev–Trinajstić information content (AvgIpc) is 3.21. The van der Waals surface area contributed by atoms with Crippen molar-refractivity contribution in [2.45, 2.75) is 33.6 Å². The summed E-state index contributed by atoms with van der Waals surface area (Å²) in [4.78, 5) is 29.8. The van der Waals surface area contributed by atoms with Crippen LogP contribution in [0.1, 0.15) is 39.0 Å². The lowest BCUT2D eigenvalue weighted by Crippen LogP contribution is -2.13. The van der Waals surface area contributed by atoms with Crippen LogP contribution in [0.2, 0.25) is 0 Å². The number of hydrogen-bond acceptors (Lipinski definition) is 5. The molecule has 174 valence electrons. The molecule has 0 radical (unpaired) electrons. The molecule has 2 amide bonds. The van der Waals surface area contributed by atoms with Crippen molar-refractivity contribution in [2.75, 3.05) is 17.7 Å². The fourth-order valence-electron chi connectivity index (χ4n) is 3.95. The van der Waals surface area contributed by atoms with E-state index in [2.05, 4.69) is 27.8 Å². The molecule has 0 saturated carbocycles. The fourth-order valence-corrected chi connectivity index (χ4v) is 4.87. The van der Waals surface area contributed by atoms with E-state index in [-0.39, 0.29) is 11.8 Å². The summed E-state index contributed by atoms with van der Waals surface area (Å²) in [5.74, 6) is 0.496. The maximum absolute atomic E-state index is 12.9. The van der Waals surface area contributed by atoms with Crippen LogP contribution in [0, 0.1) is 20.8 Å². The highest BCUT2D eigenvalue weighted by molar-refractivity contribution is 7.22. The second kappa shape index (κ2) is 10.1. The Kier molecular flexibility index (Phi) is 6.93. The smallest absolute Gasteiger partial charge is 0.255 e. The Morgan fingerprint density at radius 2 is 1.74 bits per heavy atom. The normalized spacial score (nSPS) is 10.8. The van der Waals surface area contributed by atoms with Gasteiger partial charge in [0, 0.05) is 17.7 Å². The minimum absolute atomic E-state index is 0.106. The van der Waals surface area contributed by atoms with E-state index in [1.54, 1.807) is 13.2 Å². The summed E-state index contributed by atoms with van der Waals surface area (Å²) < 4.78 is 6.07. The molecule has 0 aliphatic rings. The molecule has 0 aliphatic heterocycles. The number of fused-ring (bicyclic) bond motifs is 1. The zero-order valence-corrected chi connectivity index (χ0v) is 20.5. The second-order valence-corrected chi connectivity index (χ2v) is 9.36. The number of rotatable bonds is 7. The lowest BCUT2D eigenvalue weighted by Gasteiger charge is -2.12. The molecule has 0 spiro atoms. The van der Waals surface area contributed by atoms with Gasteiger partial charge in [-0.2, -0.15) is 0 Å². The summed E-state index contributed by atoms with van der Waals surface area (Å²) in [6.45, 7) is 6.02. The minimum Gasteiger partial charge on any atom is -0.497 e. The van der Waals surface area contributed by atoms with Crippen LogP contribution in [0.25, 0.3) is 10.2 Å². The van der Waals surface area contributed by atoms with E-state index in [1.807, 2.05) is 57.2 Å². The van der Waals surface area contributed by atoms with Crippen molar-refractivity contribution in [3.63, 3.8) is 0 Å². The lowest BCUT2D eigenvalue weighted by atomic mass is 10.0. The molecule has 1 heterocycles. The van der Waals surface area contributed by atoms with Crippen LogP contribution < -0.4 is 15.4 Å². The maximum Gasteiger partial charge on any atom is 0.255 e. The first-order chi connectivity index (χ1) is 16.3. The Bertz CT molecular complexity index is 1350. The van der Waals surface area contributed by atoms with Crippen LogP contribution in [0.5, 0.6) is 5.75 Å². The zero-order valence-electron chi connectivity index (χ0n) is 19.7. The number of methoxy groups -OCH3 is 1. The third-order valence-electron chi connectivity index (χ3n) is 5.59. The van der Waals surface area contributed by atoms with Crippen molar-refractivity contribution in [1.29, 1.82) is 0 Å². The number of nitrogens with one attached hydrogen (secondary N) is 2. The van der Waals surface area contributed by atoms with E-state index in [9.17, 15) is 9.59 Å². The molecule has 2 N–H and O–H groups in total. The van der Waals surface area contributed by atoms with Gasteiger partial charge in [0.15, 0.2) is 5.13 Å². The molecule has 0 fully saturated rings. The van der Waals surface area contributed by atoms with Gasteiger partial charge >= 0.3 is 0 Å². The van der Waals surface area contributed by atoms with Crippen molar-refractivity contribution >= 4 is 44.2 Å². The Labute approximate surface area is 203 Å². The van der Waals surface area contributed by atoms with Gasteiger partial charge in [0.25, 0.3) is 5.91 Å². The van der Waals surface area contributed by atoms with Crippen LogP contribution in [0.3, 0.4) is 0 Å². The van der Waals surface area contributed by atoms with Crippen molar-refractivity contribution in [3.8, 4) is 5.75 Å². The number of carbonyl (C=O) groups excluding carboxylic acids is 2. The second-order valence-electron chi connectivity index (χ2n) is 8.33. The van der Waals surface area contributed by atoms with Crippen LogP contribution in [-0.4, -0.2) is 23.9 Å². The molecule has 0 saturated heterocycles. The van der Waals surface area contributed by atoms with Gasteiger partial charge in [0.2, 0.25) is 5.91 Å². The predicted octanol–water partition coefficient (Wildman–Crippen LogP) is 6.05. The van der Waals surface area contributed by atoms with E-state index >= 15 is 0 Å². The van der Waals surface area contributed by atoms with Crippen molar-refractivity contribution < 1.29 is 14.3 Å². The van der Waals surface area contributed by atoms with Crippen LogP contribution in [-0.2, 0) is 11.2 Å². The number of hydrogen-bond donors (Lipinski definition) is 2. The molecule has 7 heteroatoms. The third-order valence-corrected chi connectivity index (χ3v) is 6.52. The van der Waals surface area contributed by atoms with Gasteiger partial charge in [-0.1, -0.05) is 41.2 Å². The van der Waals surface area contributed by atoms with Gasteiger partial charge in [-0.15, -0.1) is 0 Å². The molecule has 3 aromatic carbocycles. The first-order valence-electron chi connectivity index (χ1n) is 11.0. The first kappa shape index (κ1) is 23.4. The summed E-state index contributed by atoms with van der Waals surface area (Å²) in [5.41, 5.74) is 6.39. The summed E-state index contributed by atoms with van der Waals surface area (Å²) in [6, 6.07) is 17.2. The molecule has 0 aliphatic carbocycles. The summed E-state index contributed by atoms with van der Waals surface area (Å²) in [7, 11) is 1.62. The van der Waals surface area contributed by atoms with Crippen LogP contribution in [0.4, 0.5) is 10.8 Å². The maximum atomic E-state index is 12.9. The molecule has 34 heavy (non-hydrogen) atoms. The Morgan fingerprint density at radius 3 is 2.47 bits per heavy atom. The monoisotopic (exact) mass is 473 g/mol. The van der Waals surface area contributed by atoms with Crippen molar-refractivity contribution in [2.24, 2.45) is 0 Å². The number of anilines is 2. The molecule has 0 unspecified atom stereocenters. The fraction of sp³-hybridized carbons (Fsp3) is 0.222. The van der Waals surface area contributed by atoms with Crippen LogP contribution in [0.15, 0.2) is 54.6 Å². The van der Waals surface area contributed by atoms with E-state index in [1.165, 1.54) is 11.3 Å². The Balaban J connectivity index is 1.42. The van der Waals surface area contributed by atoms with Gasteiger partial charge < -0.3 is 15.4 Å². The molecule has 0 atom stereocenters. The number of aromatic nitrogens is 1. The molecule has 4 aromatic rings. The molecule has 0 bridgehead atoms. The van der Waals surface area contributed by atoms with Gasteiger partial charge in [0.05, 0.1) is 17.3 Å². The Morgan fingerprint density at radius 1 is 0.971 bits per heavy atom. The number of ether oxygens (including phenoxy) is 1. The SMILES string of the molecule is COc1cccc(CCC(=O)Nc2nc3ccc(C(=O)Nc4c(C)cc(C)cc4C)cc3s2)c1. The number of aryl methyl sites for hydroxylation is 4. The predicted molar refractivity (Wildman–Crippen MR) is 138 cm³/mol. The average molecular weight is 474 g/mol. The highest BCUT2D eigenvalue weighted by Gasteiger charge is 2.14. The molecular formula is C27H27N3O3S. The van der Waals surface area contributed by atoms with E-state index in [0.29, 0.717) is 23.5 Å². The molecular weight excluding hydrogens is 446 g/mol. The number of amides is 2. The summed E-state index contributed by atoms with van der Waals surface area (Å²) in [6.07, 6.45) is 0.947. The zero-order chi connectivity index (χ0) is 24.2. The highest BCUT2D eigenvalue weighted by atomic mass is 32.1.